The summed E-state index contributed by atoms with van der Waals surface area (Å²) >= 11 is 0. The molecule has 2 aromatic heterocycles. The van der Waals surface area contributed by atoms with Gasteiger partial charge in [0.15, 0.2) is 0 Å². The van der Waals surface area contributed by atoms with Gasteiger partial charge in [-0.15, -0.1) is 0 Å². The number of phenolic OH excluding ortho intramolecular Hbond substituents is 1. The maximum Gasteiger partial charge on any atom is 0.149 e. The zero-order chi connectivity index (χ0) is 43.7. The van der Waals surface area contributed by atoms with Crippen molar-refractivity contribution in [1.82, 2.24) is 14.5 Å². The molecule has 1 N–H and O–H groups in total. The van der Waals surface area contributed by atoms with Crippen LogP contribution in [0.3, 0.4) is 0 Å². The Balaban J connectivity index is 1.50. The lowest BCUT2D eigenvalue weighted by Gasteiger charge is -2.27. The molecule has 0 radical (unpaired) electrons. The van der Waals surface area contributed by atoms with Gasteiger partial charge in [0.2, 0.25) is 0 Å². The van der Waals surface area contributed by atoms with Crippen LogP contribution in [0.2, 0.25) is 0 Å². The molecule has 0 fully saturated rings. The highest BCUT2D eigenvalue weighted by molar-refractivity contribution is 5.97. The second-order valence-electron chi connectivity index (χ2n) is 17.4. The van der Waals surface area contributed by atoms with E-state index in [2.05, 4.69) is 109 Å². The van der Waals surface area contributed by atoms with E-state index in [0.717, 1.165) is 50.1 Å². The molecule has 7 rings (SSSR count). The van der Waals surface area contributed by atoms with Crippen LogP contribution in [0.5, 0.6) is 5.75 Å². The number of hydrogen-bond acceptors (Lipinski definition) is 3. The second kappa shape index (κ2) is 13.4. The molecule has 0 aliphatic heterocycles. The summed E-state index contributed by atoms with van der Waals surface area (Å²) in [5.41, 5.74) is 9.05. The highest BCUT2D eigenvalue weighted by Crippen LogP contribution is 2.45. The first-order chi connectivity index (χ1) is 27.8. The van der Waals surface area contributed by atoms with Crippen LogP contribution in [-0.4, -0.2) is 19.6 Å². The Hall–Kier alpha value is -5.48. The molecule has 7 aromatic rings. The lowest BCUT2D eigenvalue weighted by Crippen LogP contribution is -2.17. The van der Waals surface area contributed by atoms with Crippen molar-refractivity contribution in [3.05, 3.63) is 143 Å². The third kappa shape index (κ3) is 6.86. The minimum absolute atomic E-state index is 0.0254. The van der Waals surface area contributed by atoms with Crippen LogP contribution >= 0.6 is 0 Å². The fourth-order valence-corrected chi connectivity index (χ4v) is 7.13. The van der Waals surface area contributed by atoms with E-state index in [1.54, 1.807) is 18.3 Å². The molecule has 5 aromatic carbocycles. The number of rotatable bonds is 5. The Morgan fingerprint density at radius 3 is 1.89 bits per heavy atom. The number of fused-ring (bicyclic) bond motifs is 1. The van der Waals surface area contributed by atoms with Crippen LogP contribution in [0, 0.1) is 13.7 Å². The third-order valence-electron chi connectivity index (χ3n) is 10.2. The highest BCUT2D eigenvalue weighted by atomic mass is 16.3. The first-order valence-electron chi connectivity index (χ1n) is 21.6. The SMILES string of the molecule is [2H]C([2H])([2H])c1cccc(C([2H])([2H])[2H])c1-c1ccnc(-c2cc(-c3cccc4c3nc(-c3cc(C(C)(C)C)cc(C(C)(C)C)c3O)n4-c3ccccc3)cc(C(C)(C)C)c2)c1. The summed E-state index contributed by atoms with van der Waals surface area (Å²) in [6, 6.07) is 34.6. The number of aromatic hydroxyl groups is 1. The van der Waals surface area contributed by atoms with Gasteiger partial charge in [-0.05, 0) is 117 Å². The Labute approximate surface area is 330 Å². The van der Waals surface area contributed by atoms with Crippen LogP contribution in [0.25, 0.3) is 61.6 Å². The molecule has 0 spiro atoms. The van der Waals surface area contributed by atoms with Crippen LogP contribution in [-0.2, 0) is 16.2 Å². The van der Waals surface area contributed by atoms with Gasteiger partial charge in [-0.1, -0.05) is 123 Å². The molecular formula is C50H53N3O. The predicted molar refractivity (Wildman–Crippen MR) is 228 cm³/mol. The van der Waals surface area contributed by atoms with E-state index in [0.29, 0.717) is 22.6 Å². The zero-order valence-corrected chi connectivity index (χ0v) is 32.8. The maximum absolute atomic E-state index is 12.1. The molecule has 54 heavy (non-hydrogen) atoms. The lowest BCUT2D eigenvalue weighted by atomic mass is 9.79. The van der Waals surface area contributed by atoms with Crippen LogP contribution in [0.1, 0.15) is 98.4 Å². The molecule has 0 amide bonds. The molecule has 4 heteroatoms. The fourth-order valence-electron chi connectivity index (χ4n) is 7.13. The van der Waals surface area contributed by atoms with Gasteiger partial charge in [0.25, 0.3) is 0 Å². The second-order valence-corrected chi connectivity index (χ2v) is 17.4. The lowest BCUT2D eigenvalue weighted by molar-refractivity contribution is 0.446. The van der Waals surface area contributed by atoms with Gasteiger partial charge >= 0.3 is 0 Å². The zero-order valence-electron chi connectivity index (χ0n) is 38.8. The van der Waals surface area contributed by atoms with Crippen molar-refractivity contribution >= 4 is 11.0 Å². The summed E-state index contributed by atoms with van der Waals surface area (Å²) in [6.45, 7) is 14.2. The molecule has 0 atom stereocenters. The largest absolute Gasteiger partial charge is 0.507 e. The standard InChI is InChI=1S/C50H53N3O/c1-31-17-15-18-32(2)44(31)33-23-24-51-42(28-33)35-25-34(26-36(27-35)48(3,4)5)39-21-16-22-43-45(39)52-47(53(43)38-19-13-12-14-20-38)40-29-37(49(6,7)8)30-41(46(40)54)50(9,10)11/h12-30,54H,1-11H3/i1D3,2D3. The molecule has 2 heterocycles. The van der Waals surface area contributed by atoms with E-state index >= 15 is 0 Å². The van der Waals surface area contributed by atoms with Gasteiger partial charge in [-0.2, -0.15) is 0 Å². The van der Waals surface area contributed by atoms with Gasteiger partial charge in [0, 0.05) is 36.8 Å². The van der Waals surface area contributed by atoms with Crippen LogP contribution < -0.4 is 0 Å². The molecule has 0 aliphatic rings. The number of hydrogen-bond donors (Lipinski definition) is 1. The summed E-state index contributed by atoms with van der Waals surface area (Å²) in [7, 11) is 0. The average molecular weight is 718 g/mol. The Kier molecular flexibility index (Phi) is 7.44. The van der Waals surface area contributed by atoms with Gasteiger partial charge < -0.3 is 5.11 Å². The minimum atomic E-state index is -2.54. The molecule has 274 valence electrons. The summed E-state index contributed by atoms with van der Waals surface area (Å²) in [5, 5.41) is 12.1. The monoisotopic (exact) mass is 717 g/mol. The highest BCUT2D eigenvalue weighted by Gasteiger charge is 2.29. The van der Waals surface area contributed by atoms with E-state index in [9.17, 15) is 5.11 Å². The maximum atomic E-state index is 12.1. The van der Waals surface area contributed by atoms with Gasteiger partial charge in [-0.3, -0.25) is 9.55 Å². The number of imidazole rings is 1. The van der Waals surface area contributed by atoms with Crippen LogP contribution in [0.4, 0.5) is 0 Å². The first-order valence-corrected chi connectivity index (χ1v) is 18.6. The van der Waals surface area contributed by atoms with Crippen LogP contribution in [0.15, 0.2) is 115 Å². The van der Waals surface area contributed by atoms with Crippen molar-refractivity contribution in [3.63, 3.8) is 0 Å². The molecule has 0 aliphatic carbocycles. The summed E-state index contributed by atoms with van der Waals surface area (Å²) in [6.07, 6.45) is 1.60. The van der Waals surface area contributed by atoms with Gasteiger partial charge in [0.1, 0.15) is 11.6 Å². The van der Waals surface area contributed by atoms with Crippen molar-refractivity contribution in [3.8, 4) is 56.3 Å². The Morgan fingerprint density at radius 2 is 1.24 bits per heavy atom. The first kappa shape index (κ1) is 29.9. The smallest absolute Gasteiger partial charge is 0.149 e. The molecule has 0 unspecified atom stereocenters. The van der Waals surface area contributed by atoms with Crippen molar-refractivity contribution in [2.24, 2.45) is 0 Å². The normalized spacial score (nSPS) is 14.5. The summed E-state index contributed by atoms with van der Waals surface area (Å²) in [5.74, 6) is 0.825. The quantitative estimate of drug-likeness (QED) is 0.193. The van der Waals surface area contributed by atoms with E-state index in [1.165, 1.54) is 18.2 Å². The van der Waals surface area contributed by atoms with Crippen molar-refractivity contribution in [1.29, 1.82) is 0 Å². The summed E-state index contributed by atoms with van der Waals surface area (Å²) in [4.78, 5) is 10.2. The number of pyridine rings is 1. The topological polar surface area (TPSA) is 50.9 Å². The molecule has 4 nitrogen and oxygen atoms in total. The van der Waals surface area contributed by atoms with E-state index in [1.807, 2.05) is 36.4 Å². The molecular weight excluding hydrogens is 659 g/mol. The number of aromatic nitrogens is 3. The van der Waals surface area contributed by atoms with E-state index < -0.39 is 13.7 Å². The fraction of sp³-hybridized carbons (Fsp3) is 0.280. The number of benzene rings is 5. The van der Waals surface area contributed by atoms with Crippen molar-refractivity contribution < 1.29 is 13.3 Å². The number of nitrogens with zero attached hydrogens (tertiary/aromatic N) is 3. The molecule has 0 saturated carbocycles. The number of aryl methyl sites for hydroxylation is 2. The van der Waals surface area contributed by atoms with Crippen molar-refractivity contribution in [2.45, 2.75) is 92.3 Å². The van der Waals surface area contributed by atoms with Gasteiger partial charge in [-0.25, -0.2) is 4.98 Å². The third-order valence-corrected chi connectivity index (χ3v) is 10.2. The average Bonchev–Trinajstić information content (AvgIpc) is 3.55. The van der Waals surface area contributed by atoms with Crippen molar-refractivity contribution in [2.75, 3.05) is 0 Å². The minimum Gasteiger partial charge on any atom is -0.507 e. The Morgan fingerprint density at radius 1 is 0.593 bits per heavy atom. The van der Waals surface area contributed by atoms with Gasteiger partial charge in [0.05, 0.1) is 22.3 Å². The number of para-hydroxylation sites is 2. The molecule has 0 bridgehead atoms. The van der Waals surface area contributed by atoms with E-state index in [4.69, 9.17) is 18.2 Å². The Bertz CT molecular complexity index is 2710. The predicted octanol–water partition coefficient (Wildman–Crippen LogP) is 13.3. The molecule has 0 saturated heterocycles. The van der Waals surface area contributed by atoms with E-state index in [-0.39, 0.29) is 38.7 Å². The number of phenols is 1. The summed E-state index contributed by atoms with van der Waals surface area (Å²) < 4.78 is 51.9.